The lowest BCUT2D eigenvalue weighted by molar-refractivity contribution is -0.161. The highest BCUT2D eigenvalue weighted by Crippen LogP contribution is 2.43. The molecule has 0 radical (unpaired) electrons. The molecule has 0 aliphatic heterocycles. The molecule has 0 aromatic carbocycles. The van der Waals surface area contributed by atoms with E-state index in [1.807, 2.05) is 0 Å². The van der Waals surface area contributed by atoms with Gasteiger partial charge >= 0.3 is 31.7 Å². The van der Waals surface area contributed by atoms with Gasteiger partial charge in [0.25, 0.3) is 0 Å². The van der Waals surface area contributed by atoms with Crippen LogP contribution >= 0.6 is 7.82 Å². The minimum Gasteiger partial charge on any atom is -0.462 e. The molecule has 2 unspecified atom stereocenters. The van der Waals surface area contributed by atoms with Crippen LogP contribution in [0, 0.1) is 0 Å². The second kappa shape index (κ2) is 19.1. The van der Waals surface area contributed by atoms with Crippen molar-refractivity contribution in [3.05, 3.63) is 0 Å². The molecule has 0 bridgehead atoms. The van der Waals surface area contributed by atoms with Gasteiger partial charge in [-0.15, -0.1) is 0 Å². The molecule has 0 aliphatic carbocycles. The Morgan fingerprint density at radius 1 is 0.714 bits per heavy atom. The number of hydrogen-bond acceptors (Lipinski definition) is 13. The quantitative estimate of drug-likeness (QED) is 0.0840. The molecule has 15 heteroatoms. The first-order chi connectivity index (χ1) is 16.5. The van der Waals surface area contributed by atoms with E-state index >= 15 is 0 Å². The summed E-state index contributed by atoms with van der Waals surface area (Å²) in [5.74, 6) is -2.56. The number of carbonyl (C=O) groups excluding carboxylic acids is 4. The minimum absolute atomic E-state index is 0.0473. The molecule has 0 amide bonds. The van der Waals surface area contributed by atoms with Crippen molar-refractivity contribution in [1.29, 1.82) is 0 Å². The first kappa shape index (κ1) is 32.9. The second-order valence-electron chi connectivity index (χ2n) is 7.38. The minimum atomic E-state index is -4.72. The zero-order valence-corrected chi connectivity index (χ0v) is 21.1. The zero-order valence-electron chi connectivity index (χ0n) is 20.2. The molecular formula is C20H37N2O12P. The number of hydrogen-bond donors (Lipinski definition) is 3. The number of phosphoric acid groups is 1. The van der Waals surface area contributed by atoms with Crippen LogP contribution in [0.3, 0.4) is 0 Å². The van der Waals surface area contributed by atoms with Crippen LogP contribution in [0.25, 0.3) is 0 Å². The van der Waals surface area contributed by atoms with Gasteiger partial charge in [0, 0.05) is 26.7 Å². The fourth-order valence-corrected chi connectivity index (χ4v) is 3.18. The van der Waals surface area contributed by atoms with Gasteiger partial charge in [0.15, 0.2) is 12.2 Å². The largest absolute Gasteiger partial charge is 0.472 e. The second-order valence-corrected chi connectivity index (χ2v) is 8.83. The van der Waals surface area contributed by atoms with Crippen molar-refractivity contribution in [2.45, 2.75) is 64.6 Å². The molecule has 0 aromatic heterocycles. The molecule has 0 heterocycles. The number of phosphoric ester groups is 1. The van der Waals surface area contributed by atoms with Crippen LogP contribution in [0.4, 0.5) is 0 Å². The molecule has 0 aromatic rings. The van der Waals surface area contributed by atoms with Gasteiger partial charge in [-0.05, 0) is 38.8 Å². The summed E-state index contributed by atoms with van der Waals surface area (Å²) in [6.45, 7) is 0.986. The standard InChI is InChI=1S/C20H37N2O12P/c1-15(23)29-11-17(33-16(2)24)13-31-35(27,28)32-14-18(34-20(26)8-4-6-10-22)12-30-19(25)7-3-5-9-21/h17-18H,3-14,21-22H2,1-2H3,(H,27,28)/t17-,18?/m1/s1. The molecule has 0 fully saturated rings. The van der Waals surface area contributed by atoms with E-state index in [2.05, 4.69) is 0 Å². The highest BCUT2D eigenvalue weighted by atomic mass is 31.2. The van der Waals surface area contributed by atoms with Crippen LogP contribution in [0.2, 0.25) is 0 Å². The summed E-state index contributed by atoms with van der Waals surface area (Å²) >= 11 is 0. The topological polar surface area (TPSA) is 213 Å². The summed E-state index contributed by atoms with van der Waals surface area (Å²) in [5.41, 5.74) is 10.8. The molecular weight excluding hydrogens is 491 g/mol. The Kier molecular flexibility index (Phi) is 18.0. The van der Waals surface area contributed by atoms with Crippen LogP contribution in [-0.2, 0) is 51.7 Å². The van der Waals surface area contributed by atoms with Gasteiger partial charge in [-0.25, -0.2) is 4.57 Å². The van der Waals surface area contributed by atoms with E-state index in [-0.39, 0.29) is 12.8 Å². The predicted octanol–water partition coefficient (Wildman–Crippen LogP) is 0.328. The molecule has 0 saturated carbocycles. The number of unbranched alkanes of at least 4 members (excludes halogenated alkanes) is 2. The van der Waals surface area contributed by atoms with Crippen LogP contribution < -0.4 is 11.5 Å². The van der Waals surface area contributed by atoms with Crippen molar-refractivity contribution in [2.24, 2.45) is 11.5 Å². The normalized spacial score (nSPS) is 14.3. The third-order valence-electron chi connectivity index (χ3n) is 4.05. The van der Waals surface area contributed by atoms with E-state index in [0.717, 1.165) is 13.8 Å². The molecule has 204 valence electrons. The van der Waals surface area contributed by atoms with Gasteiger partial charge in [-0.1, -0.05) is 0 Å². The van der Waals surface area contributed by atoms with Crippen LogP contribution in [0.5, 0.6) is 0 Å². The molecule has 5 N–H and O–H groups in total. The highest BCUT2D eigenvalue weighted by molar-refractivity contribution is 7.47. The maximum atomic E-state index is 12.2. The summed E-state index contributed by atoms with van der Waals surface area (Å²) in [7, 11) is -4.72. The van der Waals surface area contributed by atoms with Crippen molar-refractivity contribution < 1.29 is 56.6 Å². The fraction of sp³-hybridized carbons (Fsp3) is 0.800. The molecule has 14 nitrogen and oxygen atoms in total. The fourth-order valence-electron chi connectivity index (χ4n) is 2.40. The lowest BCUT2D eigenvalue weighted by atomic mass is 10.2. The summed E-state index contributed by atoms with van der Waals surface area (Å²) in [6.07, 6.45) is 0.0361. The highest BCUT2D eigenvalue weighted by Gasteiger charge is 2.28. The van der Waals surface area contributed by atoms with Crippen molar-refractivity contribution in [2.75, 3.05) is 39.5 Å². The van der Waals surface area contributed by atoms with E-state index in [9.17, 15) is 28.6 Å². The van der Waals surface area contributed by atoms with Gasteiger partial charge in [-0.2, -0.15) is 0 Å². The smallest absolute Gasteiger partial charge is 0.462 e. The number of esters is 4. The van der Waals surface area contributed by atoms with Crippen molar-refractivity contribution in [3.63, 3.8) is 0 Å². The van der Waals surface area contributed by atoms with E-state index in [1.165, 1.54) is 0 Å². The average Bonchev–Trinajstić information content (AvgIpc) is 2.77. The Bertz CT molecular complexity index is 706. The maximum Gasteiger partial charge on any atom is 0.472 e. The van der Waals surface area contributed by atoms with Crippen LogP contribution in [-0.4, -0.2) is 80.5 Å². The van der Waals surface area contributed by atoms with Crippen molar-refractivity contribution >= 4 is 31.7 Å². The Hall–Kier alpha value is -2.09. The summed E-state index contributed by atoms with van der Waals surface area (Å²) in [4.78, 5) is 55.9. The van der Waals surface area contributed by atoms with Crippen LogP contribution in [0.1, 0.15) is 52.4 Å². The maximum absolute atomic E-state index is 12.2. The summed E-state index contributed by atoms with van der Waals surface area (Å²) in [6, 6.07) is 0. The van der Waals surface area contributed by atoms with E-state index < -0.39 is 70.3 Å². The number of nitrogens with two attached hydrogens (primary N) is 2. The summed E-state index contributed by atoms with van der Waals surface area (Å²) in [5, 5.41) is 0. The molecule has 0 saturated heterocycles. The lowest BCUT2D eigenvalue weighted by Crippen LogP contribution is -2.30. The van der Waals surface area contributed by atoms with E-state index in [0.29, 0.717) is 38.8 Å². The Morgan fingerprint density at radius 3 is 1.69 bits per heavy atom. The monoisotopic (exact) mass is 528 g/mol. The molecule has 0 aliphatic rings. The third kappa shape index (κ3) is 19.9. The number of rotatable bonds is 20. The Labute approximate surface area is 204 Å². The molecule has 0 spiro atoms. The number of ether oxygens (including phenoxy) is 4. The molecule has 0 rings (SSSR count). The van der Waals surface area contributed by atoms with E-state index in [1.54, 1.807) is 0 Å². The lowest BCUT2D eigenvalue weighted by Gasteiger charge is -2.21. The van der Waals surface area contributed by atoms with Crippen molar-refractivity contribution in [3.8, 4) is 0 Å². The van der Waals surface area contributed by atoms with Gasteiger partial charge in [0.2, 0.25) is 0 Å². The Morgan fingerprint density at radius 2 is 1.20 bits per heavy atom. The molecule has 35 heavy (non-hydrogen) atoms. The van der Waals surface area contributed by atoms with Crippen LogP contribution in [0.15, 0.2) is 0 Å². The van der Waals surface area contributed by atoms with Gasteiger partial charge in [0.1, 0.15) is 13.2 Å². The van der Waals surface area contributed by atoms with E-state index in [4.69, 9.17) is 39.5 Å². The summed E-state index contributed by atoms with van der Waals surface area (Å²) < 4.78 is 41.7. The van der Waals surface area contributed by atoms with Crippen molar-refractivity contribution in [1.82, 2.24) is 0 Å². The first-order valence-electron chi connectivity index (χ1n) is 11.2. The number of carbonyl (C=O) groups is 4. The first-order valence-corrected chi connectivity index (χ1v) is 12.7. The average molecular weight is 528 g/mol. The van der Waals surface area contributed by atoms with Gasteiger partial charge < -0.3 is 35.3 Å². The SMILES string of the molecule is CC(=O)OC[C@H](COP(=O)(O)OCC(COC(=O)CCCCN)OC(=O)CCCCN)OC(C)=O. The zero-order chi connectivity index (χ0) is 26.7. The van der Waals surface area contributed by atoms with Gasteiger partial charge in [-0.3, -0.25) is 28.2 Å². The molecule has 3 atom stereocenters. The van der Waals surface area contributed by atoms with Gasteiger partial charge in [0.05, 0.1) is 13.2 Å². The predicted molar refractivity (Wildman–Crippen MR) is 121 cm³/mol. The third-order valence-corrected chi connectivity index (χ3v) is 5.00. The Balaban J connectivity index is 4.89.